The van der Waals surface area contributed by atoms with Gasteiger partial charge in [-0.15, -0.1) is 0 Å². The molecule has 3 atom stereocenters. The Morgan fingerprint density at radius 3 is 2.74 bits per heavy atom. The molecule has 0 radical (unpaired) electrons. The molecular weight excluding hydrogens is 242 g/mol. The summed E-state index contributed by atoms with van der Waals surface area (Å²) < 4.78 is 5.60. The molecule has 2 heterocycles. The minimum Gasteiger partial charge on any atom is -0.480 e. The topological polar surface area (TPSA) is 49.8 Å². The van der Waals surface area contributed by atoms with Gasteiger partial charge in [0, 0.05) is 19.2 Å². The van der Waals surface area contributed by atoms with Gasteiger partial charge in [-0.3, -0.25) is 9.69 Å². The molecule has 1 fully saturated rings. The smallest absolute Gasteiger partial charge is 0.321 e. The molecule has 0 spiro atoms. The van der Waals surface area contributed by atoms with Crippen molar-refractivity contribution in [3.8, 4) is 0 Å². The van der Waals surface area contributed by atoms with Crippen molar-refractivity contribution in [1.82, 2.24) is 4.90 Å². The molecule has 1 aromatic carbocycles. The summed E-state index contributed by atoms with van der Waals surface area (Å²) in [5.41, 5.74) is 2.41. The Labute approximate surface area is 113 Å². The fourth-order valence-electron chi connectivity index (χ4n) is 3.28. The zero-order chi connectivity index (χ0) is 13.4. The Morgan fingerprint density at radius 1 is 1.37 bits per heavy atom. The maximum absolute atomic E-state index is 11.6. The molecule has 2 aliphatic heterocycles. The fraction of sp³-hybridized carbons (Fsp3) is 0.533. The molecule has 1 saturated heterocycles. The van der Waals surface area contributed by atoms with Crippen molar-refractivity contribution in [2.75, 3.05) is 6.61 Å². The largest absolute Gasteiger partial charge is 0.480 e. The van der Waals surface area contributed by atoms with Crippen LogP contribution in [0.25, 0.3) is 0 Å². The first-order chi connectivity index (χ1) is 9.16. The number of carboxylic acids is 1. The van der Waals surface area contributed by atoms with E-state index in [-0.39, 0.29) is 12.1 Å². The molecule has 3 unspecified atom stereocenters. The highest BCUT2D eigenvalue weighted by molar-refractivity contribution is 5.74. The van der Waals surface area contributed by atoms with E-state index in [1.165, 1.54) is 5.56 Å². The minimum absolute atomic E-state index is 0.118. The molecule has 1 N–H and O–H groups in total. The average molecular weight is 261 g/mol. The summed E-state index contributed by atoms with van der Waals surface area (Å²) in [7, 11) is 0. The van der Waals surface area contributed by atoms with Gasteiger partial charge in [0.05, 0.1) is 6.10 Å². The molecular formula is C15H19NO3. The molecule has 1 aromatic rings. The number of hydrogen-bond acceptors (Lipinski definition) is 3. The van der Waals surface area contributed by atoms with Crippen LogP contribution in [0, 0.1) is 0 Å². The molecule has 0 aromatic heterocycles. The quantitative estimate of drug-likeness (QED) is 0.880. The van der Waals surface area contributed by atoms with Crippen molar-refractivity contribution in [3.63, 3.8) is 0 Å². The Kier molecular flexibility index (Phi) is 3.29. The summed E-state index contributed by atoms with van der Waals surface area (Å²) in [6.45, 7) is 3.49. The molecule has 19 heavy (non-hydrogen) atoms. The second-order valence-corrected chi connectivity index (χ2v) is 5.43. The number of ether oxygens (including phenoxy) is 1. The summed E-state index contributed by atoms with van der Waals surface area (Å²) >= 11 is 0. The monoisotopic (exact) mass is 261 g/mol. The van der Waals surface area contributed by atoms with Crippen molar-refractivity contribution in [2.45, 2.75) is 44.5 Å². The van der Waals surface area contributed by atoms with Gasteiger partial charge in [-0.2, -0.15) is 0 Å². The summed E-state index contributed by atoms with van der Waals surface area (Å²) in [6, 6.07) is 7.93. The molecule has 102 valence electrons. The van der Waals surface area contributed by atoms with Crippen LogP contribution >= 0.6 is 0 Å². The van der Waals surface area contributed by atoms with E-state index in [1.54, 1.807) is 0 Å². The first-order valence-corrected chi connectivity index (χ1v) is 6.84. The van der Waals surface area contributed by atoms with Gasteiger partial charge in [0.2, 0.25) is 0 Å². The van der Waals surface area contributed by atoms with E-state index in [4.69, 9.17) is 4.74 Å². The highest BCUT2D eigenvalue weighted by atomic mass is 16.5. The van der Waals surface area contributed by atoms with E-state index in [1.807, 2.05) is 25.1 Å². The third kappa shape index (κ3) is 2.26. The van der Waals surface area contributed by atoms with Gasteiger partial charge in [-0.25, -0.2) is 0 Å². The summed E-state index contributed by atoms with van der Waals surface area (Å²) in [4.78, 5) is 13.7. The van der Waals surface area contributed by atoms with E-state index in [0.29, 0.717) is 13.0 Å². The van der Waals surface area contributed by atoms with Crippen LogP contribution in [-0.2, 0) is 22.5 Å². The van der Waals surface area contributed by atoms with Gasteiger partial charge in [0.25, 0.3) is 0 Å². The molecule has 0 saturated carbocycles. The van der Waals surface area contributed by atoms with Crippen LogP contribution in [0.3, 0.4) is 0 Å². The molecule has 4 heteroatoms. The molecule has 3 rings (SSSR count). The molecule has 0 bridgehead atoms. The zero-order valence-corrected chi connectivity index (χ0v) is 11.1. The lowest BCUT2D eigenvalue weighted by molar-refractivity contribution is -0.145. The number of benzene rings is 1. The highest BCUT2D eigenvalue weighted by Gasteiger charge is 2.39. The second kappa shape index (κ2) is 4.94. The third-order valence-electron chi connectivity index (χ3n) is 4.33. The molecule has 2 aliphatic rings. The van der Waals surface area contributed by atoms with Gasteiger partial charge in [-0.1, -0.05) is 24.3 Å². The van der Waals surface area contributed by atoms with Crippen LogP contribution in [0.4, 0.5) is 0 Å². The van der Waals surface area contributed by atoms with Gasteiger partial charge in [0.15, 0.2) is 0 Å². The van der Waals surface area contributed by atoms with Crippen LogP contribution < -0.4 is 0 Å². The van der Waals surface area contributed by atoms with Gasteiger partial charge in [-0.05, 0) is 30.9 Å². The van der Waals surface area contributed by atoms with Crippen molar-refractivity contribution in [3.05, 3.63) is 35.4 Å². The Bertz CT molecular complexity index is 488. The van der Waals surface area contributed by atoms with Crippen LogP contribution in [0.1, 0.15) is 24.5 Å². The average Bonchev–Trinajstić information content (AvgIpc) is 2.83. The van der Waals surface area contributed by atoms with E-state index < -0.39 is 12.0 Å². The highest BCUT2D eigenvalue weighted by Crippen LogP contribution is 2.30. The first-order valence-electron chi connectivity index (χ1n) is 6.84. The third-order valence-corrected chi connectivity index (χ3v) is 4.33. The maximum Gasteiger partial charge on any atom is 0.321 e. The summed E-state index contributed by atoms with van der Waals surface area (Å²) in [5.74, 6) is -0.728. The lowest BCUT2D eigenvalue weighted by atomic mass is 9.91. The van der Waals surface area contributed by atoms with Crippen molar-refractivity contribution in [1.29, 1.82) is 0 Å². The lowest BCUT2D eigenvalue weighted by Gasteiger charge is -2.39. The Morgan fingerprint density at radius 2 is 2.11 bits per heavy atom. The normalized spacial score (nSPS) is 31.1. The molecule has 0 amide bonds. The number of fused-ring (bicyclic) bond motifs is 1. The second-order valence-electron chi connectivity index (χ2n) is 5.43. The van der Waals surface area contributed by atoms with Crippen molar-refractivity contribution >= 4 is 5.97 Å². The van der Waals surface area contributed by atoms with Crippen LogP contribution in [-0.4, -0.2) is 40.8 Å². The van der Waals surface area contributed by atoms with Gasteiger partial charge in [0.1, 0.15) is 6.04 Å². The van der Waals surface area contributed by atoms with Crippen molar-refractivity contribution in [2.24, 2.45) is 0 Å². The van der Waals surface area contributed by atoms with Crippen LogP contribution in [0.5, 0.6) is 0 Å². The number of aliphatic carboxylic acids is 1. The summed E-state index contributed by atoms with van der Waals surface area (Å²) in [6.07, 6.45) is 1.63. The lowest BCUT2D eigenvalue weighted by Crippen LogP contribution is -2.52. The number of rotatable bonds is 2. The zero-order valence-electron chi connectivity index (χ0n) is 11.1. The first kappa shape index (κ1) is 12.6. The molecule has 0 aliphatic carbocycles. The van der Waals surface area contributed by atoms with E-state index in [9.17, 15) is 9.90 Å². The van der Waals surface area contributed by atoms with E-state index in [2.05, 4.69) is 11.0 Å². The number of nitrogens with zero attached hydrogens (tertiary/aromatic N) is 1. The fourth-order valence-corrected chi connectivity index (χ4v) is 3.28. The number of hydrogen-bond donors (Lipinski definition) is 1. The van der Waals surface area contributed by atoms with Crippen molar-refractivity contribution < 1.29 is 14.6 Å². The maximum atomic E-state index is 11.6. The number of carbonyl (C=O) groups is 1. The minimum atomic E-state index is -0.728. The van der Waals surface area contributed by atoms with E-state index >= 15 is 0 Å². The Hall–Kier alpha value is -1.39. The molecule has 4 nitrogen and oxygen atoms in total. The van der Waals surface area contributed by atoms with Gasteiger partial charge >= 0.3 is 5.97 Å². The number of carboxylic acid groups (broad SMARTS) is 1. The standard InChI is InChI=1S/C15H19NO3/c1-10-13(6-7-19-10)16-9-12-5-3-2-4-11(12)8-14(16)15(17)18/h2-5,10,13-14H,6-9H2,1H3,(H,17,18). The SMILES string of the molecule is CC1OCCC1N1Cc2ccccc2CC1C(=O)O. The van der Waals surface area contributed by atoms with Crippen LogP contribution in [0.2, 0.25) is 0 Å². The summed E-state index contributed by atoms with van der Waals surface area (Å²) in [5, 5.41) is 9.50. The predicted molar refractivity (Wildman–Crippen MR) is 70.9 cm³/mol. The van der Waals surface area contributed by atoms with E-state index in [0.717, 1.165) is 18.6 Å². The predicted octanol–water partition coefficient (Wildman–Crippen LogP) is 1.68. The Balaban J connectivity index is 1.91. The van der Waals surface area contributed by atoms with Crippen LogP contribution in [0.15, 0.2) is 24.3 Å². The van der Waals surface area contributed by atoms with Gasteiger partial charge < -0.3 is 9.84 Å².